The quantitative estimate of drug-likeness (QED) is 0.247. The summed E-state index contributed by atoms with van der Waals surface area (Å²) in [4.78, 5) is 34.9. The second-order valence-corrected chi connectivity index (χ2v) is 10.3. The fourth-order valence-corrected chi connectivity index (χ4v) is 4.69. The fraction of sp³-hybridized carbons (Fsp3) is 0.310. The number of nitrogens with one attached hydrogen (secondary N) is 1. The predicted octanol–water partition coefficient (Wildman–Crippen LogP) is 4.10. The van der Waals surface area contributed by atoms with E-state index in [9.17, 15) is 41.8 Å². The number of carbonyl (C=O) groups is 1. The van der Waals surface area contributed by atoms with Crippen molar-refractivity contribution in [1.29, 1.82) is 0 Å². The Labute approximate surface area is 241 Å². The lowest BCUT2D eigenvalue weighted by Crippen LogP contribution is -2.42. The van der Waals surface area contributed by atoms with E-state index in [0.717, 1.165) is 24.3 Å². The molecule has 3 N–H and O–H groups in total. The van der Waals surface area contributed by atoms with Gasteiger partial charge in [0.25, 0.3) is 5.56 Å². The number of pyridine rings is 1. The third kappa shape index (κ3) is 6.06. The molecular formula is C29H26F5N5O4. The van der Waals surface area contributed by atoms with Gasteiger partial charge in [-0.2, -0.15) is 18.2 Å². The Bertz CT molecular complexity index is 1730. The number of alkyl halides is 3. The number of nitrogens with zero attached hydrogens (tertiary/aromatic N) is 4. The van der Waals surface area contributed by atoms with Crippen molar-refractivity contribution >= 4 is 28.6 Å². The number of fused-ring (bicyclic) bond motifs is 1. The van der Waals surface area contributed by atoms with E-state index in [2.05, 4.69) is 15.3 Å². The Morgan fingerprint density at radius 3 is 2.35 bits per heavy atom. The van der Waals surface area contributed by atoms with Crippen LogP contribution >= 0.6 is 0 Å². The van der Waals surface area contributed by atoms with Gasteiger partial charge in [0.2, 0.25) is 5.95 Å². The SMILES string of the molecule is Cc1ccc(N(CC2CC2)C(=O)C(F)(F)F)cc1-c1nc(NC(CO)CO)nc2c1ccc(=O)n2-c1c(F)cccc1F. The first-order valence-electron chi connectivity index (χ1n) is 13.3. The number of aliphatic hydroxyl groups is 2. The molecule has 0 spiro atoms. The number of hydrogen-bond donors (Lipinski definition) is 3. The Hall–Kier alpha value is -4.43. The third-order valence-electron chi connectivity index (χ3n) is 7.10. The largest absolute Gasteiger partial charge is 0.471 e. The van der Waals surface area contributed by atoms with Gasteiger partial charge in [0.1, 0.15) is 17.3 Å². The molecule has 0 unspecified atom stereocenters. The number of anilines is 2. The number of carbonyl (C=O) groups excluding carboxylic acids is 1. The van der Waals surface area contributed by atoms with Crippen LogP contribution in [0.15, 0.2) is 53.3 Å². The minimum absolute atomic E-state index is 0.0480. The summed E-state index contributed by atoms with van der Waals surface area (Å²) in [5, 5.41) is 22.0. The van der Waals surface area contributed by atoms with Gasteiger partial charge in [-0.1, -0.05) is 12.1 Å². The predicted molar refractivity (Wildman–Crippen MR) is 148 cm³/mol. The lowest BCUT2D eigenvalue weighted by molar-refractivity contribution is -0.170. The zero-order valence-electron chi connectivity index (χ0n) is 22.7. The molecule has 2 heterocycles. The molecule has 4 aromatic rings. The molecule has 1 aliphatic rings. The summed E-state index contributed by atoms with van der Waals surface area (Å²) in [6.07, 6.45) is -3.75. The van der Waals surface area contributed by atoms with Crippen LogP contribution in [0.25, 0.3) is 28.0 Å². The van der Waals surface area contributed by atoms with Crippen LogP contribution < -0.4 is 15.8 Å². The molecule has 0 atom stereocenters. The summed E-state index contributed by atoms with van der Waals surface area (Å²) in [7, 11) is 0. The topological polar surface area (TPSA) is 121 Å². The molecule has 0 aliphatic heterocycles. The first kappa shape index (κ1) is 30.0. The van der Waals surface area contributed by atoms with Gasteiger partial charge in [0, 0.05) is 29.2 Å². The highest BCUT2D eigenvalue weighted by molar-refractivity contribution is 5.99. The minimum atomic E-state index is -5.12. The molecule has 5 rings (SSSR count). The van der Waals surface area contributed by atoms with Gasteiger partial charge in [0.05, 0.1) is 24.9 Å². The fourth-order valence-electron chi connectivity index (χ4n) is 4.69. The molecular weight excluding hydrogens is 577 g/mol. The highest BCUT2D eigenvalue weighted by Gasteiger charge is 2.44. The summed E-state index contributed by atoms with van der Waals surface area (Å²) in [6.45, 7) is 0.397. The van der Waals surface area contributed by atoms with E-state index in [0.29, 0.717) is 27.9 Å². The molecule has 1 fully saturated rings. The average Bonchev–Trinajstić information content (AvgIpc) is 3.79. The van der Waals surface area contributed by atoms with Crippen molar-refractivity contribution in [1.82, 2.24) is 14.5 Å². The molecule has 226 valence electrons. The van der Waals surface area contributed by atoms with Crippen molar-refractivity contribution in [3.63, 3.8) is 0 Å². The van der Waals surface area contributed by atoms with Crippen molar-refractivity contribution in [3.05, 3.63) is 76.1 Å². The maximum Gasteiger partial charge on any atom is 0.471 e. The van der Waals surface area contributed by atoms with Gasteiger partial charge < -0.3 is 20.4 Å². The Morgan fingerprint density at radius 2 is 1.74 bits per heavy atom. The summed E-state index contributed by atoms with van der Waals surface area (Å²) < 4.78 is 71.2. The zero-order valence-corrected chi connectivity index (χ0v) is 22.7. The highest BCUT2D eigenvalue weighted by atomic mass is 19.4. The number of aryl methyl sites for hydroxylation is 1. The second-order valence-electron chi connectivity index (χ2n) is 10.3. The van der Waals surface area contributed by atoms with Gasteiger partial charge in [-0.25, -0.2) is 13.8 Å². The maximum atomic E-state index is 14.9. The average molecular weight is 604 g/mol. The molecule has 1 saturated carbocycles. The number of aliphatic hydroxyl groups excluding tert-OH is 2. The van der Waals surface area contributed by atoms with E-state index in [1.54, 1.807) is 6.92 Å². The summed E-state index contributed by atoms with van der Waals surface area (Å²) in [6, 6.07) is 8.66. The Morgan fingerprint density at radius 1 is 1.07 bits per heavy atom. The van der Waals surface area contributed by atoms with E-state index >= 15 is 0 Å². The van der Waals surface area contributed by atoms with E-state index in [1.807, 2.05) is 0 Å². The molecule has 43 heavy (non-hydrogen) atoms. The van der Waals surface area contributed by atoms with Crippen LogP contribution in [-0.2, 0) is 4.79 Å². The van der Waals surface area contributed by atoms with Crippen molar-refractivity contribution in [2.24, 2.45) is 5.92 Å². The van der Waals surface area contributed by atoms with Crippen molar-refractivity contribution in [3.8, 4) is 16.9 Å². The molecule has 1 aliphatic carbocycles. The van der Waals surface area contributed by atoms with Gasteiger partial charge >= 0.3 is 12.1 Å². The van der Waals surface area contributed by atoms with E-state index in [1.165, 1.54) is 24.3 Å². The van der Waals surface area contributed by atoms with Crippen LogP contribution in [0, 0.1) is 24.5 Å². The van der Waals surface area contributed by atoms with Gasteiger partial charge in [-0.05, 0) is 61.6 Å². The van der Waals surface area contributed by atoms with Crippen molar-refractivity contribution in [2.45, 2.75) is 32.0 Å². The Balaban J connectivity index is 1.78. The lowest BCUT2D eigenvalue weighted by Gasteiger charge is -2.25. The van der Waals surface area contributed by atoms with Crippen LogP contribution in [-0.4, -0.2) is 62.6 Å². The zero-order chi connectivity index (χ0) is 31.1. The molecule has 0 radical (unpaired) electrons. The molecule has 2 aromatic carbocycles. The van der Waals surface area contributed by atoms with Gasteiger partial charge in [-0.3, -0.25) is 14.2 Å². The lowest BCUT2D eigenvalue weighted by atomic mass is 10.0. The van der Waals surface area contributed by atoms with Crippen molar-refractivity contribution < 1.29 is 37.0 Å². The number of amides is 1. The number of benzene rings is 2. The first-order valence-corrected chi connectivity index (χ1v) is 13.3. The smallest absolute Gasteiger partial charge is 0.394 e. The van der Waals surface area contributed by atoms with Gasteiger partial charge in [-0.15, -0.1) is 0 Å². The highest BCUT2D eigenvalue weighted by Crippen LogP contribution is 2.37. The molecule has 2 aromatic heterocycles. The van der Waals surface area contributed by atoms with Crippen LogP contribution in [0.3, 0.4) is 0 Å². The summed E-state index contributed by atoms with van der Waals surface area (Å²) >= 11 is 0. The minimum Gasteiger partial charge on any atom is -0.394 e. The Kier molecular flexibility index (Phi) is 8.16. The monoisotopic (exact) mass is 603 g/mol. The van der Waals surface area contributed by atoms with E-state index in [-0.39, 0.29) is 46.4 Å². The molecule has 0 saturated heterocycles. The maximum absolute atomic E-state index is 14.9. The number of aromatic nitrogens is 3. The van der Waals surface area contributed by atoms with E-state index in [4.69, 9.17) is 0 Å². The normalized spacial score (nSPS) is 13.5. The molecule has 1 amide bonds. The summed E-state index contributed by atoms with van der Waals surface area (Å²) in [5.74, 6) is -4.48. The summed E-state index contributed by atoms with van der Waals surface area (Å²) in [5.41, 5.74) is -1.06. The third-order valence-corrected chi connectivity index (χ3v) is 7.10. The van der Waals surface area contributed by atoms with Crippen molar-refractivity contribution in [2.75, 3.05) is 30.0 Å². The number of halogens is 5. The van der Waals surface area contributed by atoms with Crippen LogP contribution in [0.1, 0.15) is 18.4 Å². The first-order chi connectivity index (χ1) is 20.4. The number of hydrogen-bond acceptors (Lipinski definition) is 7. The molecule has 0 bridgehead atoms. The van der Waals surface area contributed by atoms with Crippen LogP contribution in [0.2, 0.25) is 0 Å². The number of para-hydroxylation sites is 1. The van der Waals surface area contributed by atoms with Crippen LogP contribution in [0.4, 0.5) is 33.6 Å². The number of rotatable bonds is 9. The standard InChI is InChI=1S/C29H26F5N5O4/c1-15-5-8-18(38(12-16-6-7-16)27(43)29(32,33)34)11-20(15)24-19-9-10-23(42)39(25-21(30)3-2-4-22(25)31)26(19)37-28(36-24)35-17(13-40)14-41/h2-5,8-11,16-17,40-41H,6-7,12-14H2,1H3,(H,35,36,37). The second kappa shape index (κ2) is 11.7. The van der Waals surface area contributed by atoms with E-state index < -0.39 is 54.2 Å². The molecule has 9 nitrogen and oxygen atoms in total. The molecule has 14 heteroatoms. The van der Waals surface area contributed by atoms with Gasteiger partial charge in [0.15, 0.2) is 5.65 Å². The van der Waals surface area contributed by atoms with Crippen LogP contribution in [0.5, 0.6) is 0 Å².